The van der Waals surface area contributed by atoms with Gasteiger partial charge in [0.05, 0.1) is 31.2 Å². The average Bonchev–Trinajstić information content (AvgIpc) is 2.69. The third-order valence-corrected chi connectivity index (χ3v) is 3.73. The number of methoxy groups -OCH3 is 2. The number of rotatable bonds is 5. The lowest BCUT2D eigenvalue weighted by molar-refractivity contribution is 0.0600. The molecule has 1 aromatic heterocycles. The van der Waals surface area contributed by atoms with Crippen molar-refractivity contribution in [3.8, 4) is 22.8 Å². The quantitative estimate of drug-likeness (QED) is 0.537. The van der Waals surface area contributed by atoms with Crippen LogP contribution in [0, 0.1) is 0 Å². The molecule has 0 saturated heterocycles. The van der Waals surface area contributed by atoms with Crippen LogP contribution in [0.15, 0.2) is 54.9 Å². The minimum absolute atomic E-state index is 0.0923. The van der Waals surface area contributed by atoms with Gasteiger partial charge in [-0.15, -0.1) is 0 Å². The summed E-state index contributed by atoms with van der Waals surface area (Å²) < 4.78 is 9.99. The van der Waals surface area contributed by atoms with Gasteiger partial charge in [-0.05, 0) is 30.3 Å². The average molecular weight is 351 g/mol. The van der Waals surface area contributed by atoms with E-state index in [-0.39, 0.29) is 11.3 Å². The van der Waals surface area contributed by atoms with Crippen molar-refractivity contribution >= 4 is 17.5 Å². The zero-order valence-corrected chi connectivity index (χ0v) is 14.3. The van der Waals surface area contributed by atoms with Gasteiger partial charge >= 0.3 is 5.97 Å². The topological polar surface area (TPSA) is 93.6 Å². The molecule has 0 aliphatic carbocycles. The summed E-state index contributed by atoms with van der Waals surface area (Å²) in [6.07, 6.45) is 1.42. The van der Waals surface area contributed by atoms with Crippen molar-refractivity contribution in [1.29, 1.82) is 0 Å². The van der Waals surface area contributed by atoms with Gasteiger partial charge in [0.15, 0.2) is 0 Å². The third-order valence-electron chi connectivity index (χ3n) is 3.73. The van der Waals surface area contributed by atoms with E-state index in [1.54, 1.807) is 25.3 Å². The van der Waals surface area contributed by atoms with Gasteiger partial charge in [0.1, 0.15) is 23.6 Å². The number of hydrogen-bond acceptors (Lipinski definition) is 7. The Morgan fingerprint density at radius 1 is 1.08 bits per heavy atom. The predicted octanol–water partition coefficient (Wildman–Crippen LogP) is 3.39. The number of para-hydroxylation sites is 1. The second-order valence-electron chi connectivity index (χ2n) is 5.34. The molecule has 2 N–H and O–H groups in total. The third kappa shape index (κ3) is 3.56. The number of carbonyl (C=O) groups excluding carboxylic acids is 1. The molecule has 7 nitrogen and oxygen atoms in total. The number of ether oxygens (including phenoxy) is 2. The summed E-state index contributed by atoms with van der Waals surface area (Å²) in [5.41, 5.74) is 2.16. The van der Waals surface area contributed by atoms with Gasteiger partial charge in [-0.1, -0.05) is 12.1 Å². The SMILES string of the molecule is COC(=O)c1ccc(Nc2cc(-c3ccccc3OC)ncn2)c(O)c1. The number of aromatic hydroxyl groups is 1. The molecule has 0 spiro atoms. The Hall–Kier alpha value is -3.61. The fraction of sp³-hybridized carbons (Fsp3) is 0.105. The van der Waals surface area contributed by atoms with Crippen molar-refractivity contribution in [2.24, 2.45) is 0 Å². The molecule has 2 aromatic carbocycles. The molecule has 0 saturated carbocycles. The second kappa shape index (κ2) is 7.52. The number of phenolic OH excluding ortho intramolecular Hbond substituents is 1. The molecule has 132 valence electrons. The Balaban J connectivity index is 1.89. The largest absolute Gasteiger partial charge is 0.506 e. The van der Waals surface area contributed by atoms with Crippen LogP contribution in [0.1, 0.15) is 10.4 Å². The molecule has 26 heavy (non-hydrogen) atoms. The number of carbonyl (C=O) groups is 1. The fourth-order valence-corrected chi connectivity index (χ4v) is 2.45. The Bertz CT molecular complexity index is 944. The minimum Gasteiger partial charge on any atom is -0.506 e. The molecule has 0 atom stereocenters. The van der Waals surface area contributed by atoms with Gasteiger partial charge < -0.3 is 19.9 Å². The highest BCUT2D eigenvalue weighted by atomic mass is 16.5. The van der Waals surface area contributed by atoms with Crippen LogP contribution in [0.5, 0.6) is 11.5 Å². The normalized spacial score (nSPS) is 10.2. The van der Waals surface area contributed by atoms with Crippen LogP contribution in [-0.2, 0) is 4.74 Å². The zero-order valence-electron chi connectivity index (χ0n) is 14.3. The molecular formula is C19H17N3O4. The lowest BCUT2D eigenvalue weighted by atomic mass is 10.1. The Kier molecular flexibility index (Phi) is 4.98. The van der Waals surface area contributed by atoms with E-state index in [4.69, 9.17) is 4.74 Å². The summed E-state index contributed by atoms with van der Waals surface area (Å²) in [6.45, 7) is 0. The maximum Gasteiger partial charge on any atom is 0.337 e. The van der Waals surface area contributed by atoms with Crippen LogP contribution in [0.4, 0.5) is 11.5 Å². The van der Waals surface area contributed by atoms with E-state index in [0.29, 0.717) is 22.9 Å². The maximum atomic E-state index is 11.5. The summed E-state index contributed by atoms with van der Waals surface area (Å²) in [5.74, 6) is 0.571. The van der Waals surface area contributed by atoms with Crippen LogP contribution < -0.4 is 10.1 Å². The van der Waals surface area contributed by atoms with Crippen molar-refractivity contribution in [2.45, 2.75) is 0 Å². The maximum absolute atomic E-state index is 11.5. The predicted molar refractivity (Wildman–Crippen MR) is 96.7 cm³/mol. The van der Waals surface area contributed by atoms with E-state index < -0.39 is 5.97 Å². The standard InChI is InChI=1S/C19H17N3O4/c1-25-17-6-4-3-5-13(17)15-10-18(21-11-20-15)22-14-8-7-12(9-16(14)23)19(24)26-2/h3-11,23H,1-2H3,(H,20,21,22). The first-order chi connectivity index (χ1) is 12.6. The molecule has 0 unspecified atom stereocenters. The zero-order chi connectivity index (χ0) is 18.5. The summed E-state index contributed by atoms with van der Waals surface area (Å²) >= 11 is 0. The smallest absolute Gasteiger partial charge is 0.337 e. The van der Waals surface area contributed by atoms with Crippen LogP contribution in [0.3, 0.4) is 0 Å². The van der Waals surface area contributed by atoms with Crippen LogP contribution in [0.2, 0.25) is 0 Å². The minimum atomic E-state index is -0.521. The Morgan fingerprint density at radius 2 is 1.88 bits per heavy atom. The number of nitrogens with zero attached hydrogens (tertiary/aromatic N) is 2. The van der Waals surface area contributed by atoms with E-state index in [1.807, 2.05) is 24.3 Å². The fourth-order valence-electron chi connectivity index (χ4n) is 2.45. The molecule has 3 rings (SSSR count). The molecule has 0 radical (unpaired) electrons. The number of nitrogens with one attached hydrogen (secondary N) is 1. The van der Waals surface area contributed by atoms with E-state index in [2.05, 4.69) is 20.0 Å². The van der Waals surface area contributed by atoms with E-state index in [1.165, 1.54) is 19.5 Å². The Morgan fingerprint density at radius 3 is 2.62 bits per heavy atom. The van der Waals surface area contributed by atoms with Crippen molar-refractivity contribution in [1.82, 2.24) is 9.97 Å². The number of hydrogen-bond donors (Lipinski definition) is 2. The van der Waals surface area contributed by atoms with E-state index in [9.17, 15) is 9.90 Å². The van der Waals surface area contributed by atoms with Gasteiger partial charge in [-0.3, -0.25) is 0 Å². The van der Waals surface area contributed by atoms with Crippen LogP contribution in [-0.4, -0.2) is 35.3 Å². The molecule has 7 heteroatoms. The molecule has 0 aliphatic heterocycles. The molecule has 0 bridgehead atoms. The number of benzene rings is 2. The first-order valence-corrected chi connectivity index (χ1v) is 7.76. The van der Waals surface area contributed by atoms with Crippen molar-refractivity contribution in [3.05, 3.63) is 60.4 Å². The monoisotopic (exact) mass is 351 g/mol. The first-order valence-electron chi connectivity index (χ1n) is 7.76. The van der Waals surface area contributed by atoms with Crippen molar-refractivity contribution < 1.29 is 19.4 Å². The number of aromatic nitrogens is 2. The van der Waals surface area contributed by atoms with Gasteiger partial charge in [0.2, 0.25) is 0 Å². The summed E-state index contributed by atoms with van der Waals surface area (Å²) in [5, 5.41) is 13.1. The highest BCUT2D eigenvalue weighted by Gasteiger charge is 2.11. The molecule has 0 amide bonds. The molecule has 0 aliphatic rings. The van der Waals surface area contributed by atoms with Crippen LogP contribution >= 0.6 is 0 Å². The van der Waals surface area contributed by atoms with Gasteiger partial charge in [-0.2, -0.15) is 0 Å². The molecule has 3 aromatic rings. The van der Waals surface area contributed by atoms with Crippen LogP contribution in [0.25, 0.3) is 11.3 Å². The van der Waals surface area contributed by atoms with Crippen molar-refractivity contribution in [3.63, 3.8) is 0 Å². The summed E-state index contributed by atoms with van der Waals surface area (Å²) in [4.78, 5) is 20.0. The van der Waals surface area contributed by atoms with Gasteiger partial charge in [0, 0.05) is 11.6 Å². The van der Waals surface area contributed by atoms with Crippen molar-refractivity contribution in [2.75, 3.05) is 19.5 Å². The number of esters is 1. The Labute approximate surface area is 150 Å². The highest BCUT2D eigenvalue weighted by molar-refractivity contribution is 5.90. The van der Waals surface area contributed by atoms with E-state index in [0.717, 1.165) is 5.56 Å². The lowest BCUT2D eigenvalue weighted by Crippen LogP contribution is -2.02. The number of phenols is 1. The summed E-state index contributed by atoms with van der Waals surface area (Å²) in [7, 11) is 2.88. The van der Waals surface area contributed by atoms with Gasteiger partial charge in [0.25, 0.3) is 0 Å². The second-order valence-corrected chi connectivity index (χ2v) is 5.34. The molecule has 1 heterocycles. The number of anilines is 2. The van der Waals surface area contributed by atoms with E-state index >= 15 is 0 Å². The van der Waals surface area contributed by atoms with Gasteiger partial charge in [-0.25, -0.2) is 14.8 Å². The molecule has 0 fully saturated rings. The lowest BCUT2D eigenvalue weighted by Gasteiger charge is -2.11. The first kappa shape index (κ1) is 17.2. The summed E-state index contributed by atoms with van der Waals surface area (Å²) in [6, 6.07) is 13.7. The molecular weight excluding hydrogens is 334 g/mol. The highest BCUT2D eigenvalue weighted by Crippen LogP contribution is 2.31.